The number of nitrogens with zero attached hydrogens (tertiary/aromatic N) is 4. The molecule has 0 radical (unpaired) electrons. The number of rotatable bonds is 5. The van der Waals surface area contributed by atoms with Crippen molar-refractivity contribution in [2.45, 2.75) is 13.1 Å². The number of amides is 2. The monoisotopic (exact) mass is 321 g/mol. The topological polar surface area (TPSA) is 63.1 Å². The largest absolute Gasteiger partial charge is 0.329 e. The van der Waals surface area contributed by atoms with Crippen LogP contribution in [0.2, 0.25) is 0 Å². The summed E-state index contributed by atoms with van der Waals surface area (Å²) < 4.78 is 2.04. The van der Waals surface area contributed by atoms with E-state index < -0.39 is 0 Å². The third-order valence-corrected chi connectivity index (χ3v) is 3.64. The van der Waals surface area contributed by atoms with Crippen molar-refractivity contribution in [1.29, 1.82) is 0 Å². The number of carbonyl (C=O) groups is 1. The number of aromatic nitrogens is 3. The van der Waals surface area contributed by atoms with Gasteiger partial charge in [-0.05, 0) is 17.7 Å². The first-order valence-corrected chi connectivity index (χ1v) is 7.68. The van der Waals surface area contributed by atoms with Crippen LogP contribution in [0.5, 0.6) is 0 Å². The lowest BCUT2D eigenvalue weighted by atomic mass is 10.2. The summed E-state index contributed by atoms with van der Waals surface area (Å²) in [5.74, 6) is 0.836. The van der Waals surface area contributed by atoms with Crippen molar-refractivity contribution in [1.82, 2.24) is 19.4 Å². The number of anilines is 1. The molecule has 0 unspecified atom stereocenters. The number of benzene rings is 1. The predicted molar refractivity (Wildman–Crippen MR) is 92.5 cm³/mol. The van der Waals surface area contributed by atoms with E-state index in [0.29, 0.717) is 12.2 Å². The van der Waals surface area contributed by atoms with E-state index in [-0.39, 0.29) is 6.03 Å². The molecule has 0 fully saturated rings. The SMILES string of the molecule is CN(Cc1nccn1Cc1ccccc1)C(=O)Nc1cccnc1. The van der Waals surface area contributed by atoms with Gasteiger partial charge in [0.25, 0.3) is 0 Å². The highest BCUT2D eigenvalue weighted by Crippen LogP contribution is 2.09. The second kappa shape index (κ2) is 7.41. The molecule has 2 amide bonds. The Hall–Kier alpha value is -3.15. The van der Waals surface area contributed by atoms with E-state index in [4.69, 9.17) is 0 Å². The molecule has 3 rings (SSSR count). The van der Waals surface area contributed by atoms with Gasteiger partial charge < -0.3 is 14.8 Å². The van der Waals surface area contributed by atoms with Crippen molar-refractivity contribution in [2.75, 3.05) is 12.4 Å². The highest BCUT2D eigenvalue weighted by molar-refractivity contribution is 5.88. The molecule has 6 nitrogen and oxygen atoms in total. The zero-order valence-corrected chi connectivity index (χ0v) is 13.5. The van der Waals surface area contributed by atoms with E-state index in [1.54, 1.807) is 42.7 Å². The number of pyridine rings is 1. The highest BCUT2D eigenvalue weighted by Gasteiger charge is 2.13. The number of urea groups is 1. The maximum Gasteiger partial charge on any atom is 0.322 e. The predicted octanol–water partition coefficient (Wildman–Crippen LogP) is 2.99. The summed E-state index contributed by atoms with van der Waals surface area (Å²) in [7, 11) is 1.74. The first-order valence-electron chi connectivity index (χ1n) is 7.68. The molecule has 24 heavy (non-hydrogen) atoms. The van der Waals surface area contributed by atoms with Gasteiger partial charge in [-0.2, -0.15) is 0 Å². The Labute approximate surface area is 140 Å². The van der Waals surface area contributed by atoms with Crippen LogP contribution in [-0.2, 0) is 13.1 Å². The van der Waals surface area contributed by atoms with Crippen molar-refractivity contribution in [3.63, 3.8) is 0 Å². The summed E-state index contributed by atoms with van der Waals surface area (Å²) in [4.78, 5) is 22.2. The van der Waals surface area contributed by atoms with Crippen LogP contribution in [0.3, 0.4) is 0 Å². The van der Waals surface area contributed by atoms with Crippen molar-refractivity contribution in [3.8, 4) is 0 Å². The molecule has 0 aliphatic carbocycles. The average Bonchev–Trinajstić information content (AvgIpc) is 3.03. The number of hydrogen-bond donors (Lipinski definition) is 1. The zero-order chi connectivity index (χ0) is 16.8. The van der Waals surface area contributed by atoms with Gasteiger partial charge >= 0.3 is 6.03 Å². The minimum atomic E-state index is -0.197. The van der Waals surface area contributed by atoms with Crippen LogP contribution in [0.1, 0.15) is 11.4 Å². The second-order valence-electron chi connectivity index (χ2n) is 5.48. The fourth-order valence-corrected chi connectivity index (χ4v) is 2.36. The van der Waals surface area contributed by atoms with E-state index in [9.17, 15) is 4.79 Å². The van der Waals surface area contributed by atoms with Gasteiger partial charge in [0.15, 0.2) is 0 Å². The molecule has 1 N–H and O–H groups in total. The molecule has 0 saturated heterocycles. The molecular weight excluding hydrogens is 302 g/mol. The number of carbonyl (C=O) groups excluding carboxylic acids is 1. The van der Waals surface area contributed by atoms with E-state index >= 15 is 0 Å². The number of hydrogen-bond acceptors (Lipinski definition) is 3. The van der Waals surface area contributed by atoms with Crippen LogP contribution in [-0.4, -0.2) is 32.5 Å². The molecule has 3 aromatic rings. The standard InChI is InChI=1S/C18H19N5O/c1-22(18(24)21-16-8-5-9-19-12-16)14-17-20-10-11-23(17)13-15-6-3-2-4-7-15/h2-12H,13-14H2,1H3,(H,21,24). The van der Waals surface area contributed by atoms with E-state index in [1.807, 2.05) is 29.0 Å². The van der Waals surface area contributed by atoms with E-state index in [0.717, 1.165) is 12.4 Å². The fourth-order valence-electron chi connectivity index (χ4n) is 2.36. The second-order valence-corrected chi connectivity index (χ2v) is 5.48. The Kier molecular flexibility index (Phi) is 4.86. The van der Waals surface area contributed by atoms with Crippen LogP contribution < -0.4 is 5.32 Å². The zero-order valence-electron chi connectivity index (χ0n) is 13.5. The Balaban J connectivity index is 1.63. The summed E-state index contributed by atoms with van der Waals surface area (Å²) >= 11 is 0. The molecular formula is C18H19N5O. The summed E-state index contributed by atoms with van der Waals surface area (Å²) in [6, 6.07) is 13.5. The lowest BCUT2D eigenvalue weighted by Crippen LogP contribution is -2.32. The van der Waals surface area contributed by atoms with Crippen molar-refractivity contribution < 1.29 is 4.79 Å². The molecule has 0 aliphatic rings. The Bertz CT molecular complexity index is 785. The molecule has 2 heterocycles. The van der Waals surface area contributed by atoms with Gasteiger partial charge in [-0.1, -0.05) is 30.3 Å². The van der Waals surface area contributed by atoms with E-state index in [2.05, 4.69) is 27.4 Å². The first kappa shape index (κ1) is 15.7. The molecule has 0 aliphatic heterocycles. The minimum Gasteiger partial charge on any atom is -0.329 e. The fraction of sp³-hybridized carbons (Fsp3) is 0.167. The molecule has 0 saturated carbocycles. The van der Waals surface area contributed by atoms with Gasteiger partial charge in [-0.25, -0.2) is 9.78 Å². The van der Waals surface area contributed by atoms with Crippen LogP contribution in [0.25, 0.3) is 0 Å². The molecule has 0 bridgehead atoms. The van der Waals surface area contributed by atoms with Crippen molar-refractivity contribution in [3.05, 3.63) is 78.6 Å². The molecule has 122 valence electrons. The van der Waals surface area contributed by atoms with Gasteiger partial charge in [0, 0.05) is 32.2 Å². The van der Waals surface area contributed by atoms with E-state index in [1.165, 1.54) is 5.56 Å². The van der Waals surface area contributed by atoms with Crippen LogP contribution >= 0.6 is 0 Å². The van der Waals surface area contributed by atoms with Gasteiger partial charge in [0.2, 0.25) is 0 Å². The van der Waals surface area contributed by atoms with Crippen LogP contribution in [0.15, 0.2) is 67.3 Å². The minimum absolute atomic E-state index is 0.197. The third-order valence-electron chi connectivity index (χ3n) is 3.64. The maximum absolute atomic E-state index is 12.3. The van der Waals surface area contributed by atoms with Crippen molar-refractivity contribution >= 4 is 11.7 Å². The summed E-state index contributed by atoms with van der Waals surface area (Å²) in [6.07, 6.45) is 6.96. The van der Waals surface area contributed by atoms with Gasteiger partial charge in [0.05, 0.1) is 18.4 Å². The van der Waals surface area contributed by atoms with Crippen LogP contribution in [0, 0.1) is 0 Å². The molecule has 1 aromatic carbocycles. The number of imidazole rings is 1. The quantitative estimate of drug-likeness (QED) is 0.786. The molecule has 6 heteroatoms. The summed E-state index contributed by atoms with van der Waals surface area (Å²) in [6.45, 7) is 1.15. The average molecular weight is 321 g/mol. The Morgan fingerprint density at radius 3 is 2.75 bits per heavy atom. The normalized spacial score (nSPS) is 10.4. The number of nitrogens with one attached hydrogen (secondary N) is 1. The maximum atomic E-state index is 12.3. The molecule has 0 atom stereocenters. The first-order chi connectivity index (χ1) is 11.7. The third kappa shape index (κ3) is 3.98. The lowest BCUT2D eigenvalue weighted by molar-refractivity contribution is 0.219. The highest BCUT2D eigenvalue weighted by atomic mass is 16.2. The van der Waals surface area contributed by atoms with Gasteiger partial charge in [-0.15, -0.1) is 0 Å². The smallest absolute Gasteiger partial charge is 0.322 e. The summed E-state index contributed by atoms with van der Waals surface area (Å²) in [5.41, 5.74) is 1.86. The molecule has 2 aromatic heterocycles. The lowest BCUT2D eigenvalue weighted by Gasteiger charge is -2.18. The van der Waals surface area contributed by atoms with Gasteiger partial charge in [0.1, 0.15) is 5.82 Å². The van der Waals surface area contributed by atoms with Crippen LogP contribution in [0.4, 0.5) is 10.5 Å². The molecule has 0 spiro atoms. The Morgan fingerprint density at radius 2 is 2.00 bits per heavy atom. The summed E-state index contributed by atoms with van der Waals surface area (Å²) in [5, 5.41) is 2.81. The van der Waals surface area contributed by atoms with Gasteiger partial charge in [-0.3, -0.25) is 4.98 Å². The van der Waals surface area contributed by atoms with Crippen molar-refractivity contribution in [2.24, 2.45) is 0 Å². The Morgan fingerprint density at radius 1 is 1.17 bits per heavy atom.